The van der Waals surface area contributed by atoms with Crippen LogP contribution in [0.5, 0.6) is 0 Å². The SMILES string of the molecule is CC(C)N(NC(=O)c1ccccn1)C(=O)C=Cc1cn(C(=O)OC(C)(C)C)c2ccccc12. The number of hydrazine groups is 1. The number of benzene rings is 1. The van der Waals surface area contributed by atoms with E-state index in [0.717, 1.165) is 5.39 Å². The molecular formula is C25H28N4O4. The molecule has 0 unspecified atom stereocenters. The third-order valence-electron chi connectivity index (χ3n) is 4.61. The van der Waals surface area contributed by atoms with Crippen molar-refractivity contribution >= 4 is 34.9 Å². The topological polar surface area (TPSA) is 93.5 Å². The van der Waals surface area contributed by atoms with Crippen LogP contribution in [0.1, 0.15) is 50.7 Å². The van der Waals surface area contributed by atoms with Crippen molar-refractivity contribution < 1.29 is 19.1 Å². The molecule has 0 spiro atoms. The van der Waals surface area contributed by atoms with Gasteiger partial charge in [0.15, 0.2) is 0 Å². The highest BCUT2D eigenvalue weighted by Gasteiger charge is 2.21. The fourth-order valence-corrected chi connectivity index (χ4v) is 3.14. The molecule has 0 aliphatic rings. The lowest BCUT2D eigenvalue weighted by atomic mass is 10.1. The third-order valence-corrected chi connectivity index (χ3v) is 4.61. The van der Waals surface area contributed by atoms with Gasteiger partial charge in [0.25, 0.3) is 11.8 Å². The van der Waals surface area contributed by atoms with Crippen molar-refractivity contribution in [2.45, 2.75) is 46.3 Å². The van der Waals surface area contributed by atoms with Gasteiger partial charge in [0.05, 0.1) is 5.52 Å². The molecule has 3 rings (SSSR count). The number of hydrogen-bond acceptors (Lipinski definition) is 5. The zero-order chi connectivity index (χ0) is 24.2. The average Bonchev–Trinajstić information content (AvgIpc) is 3.14. The van der Waals surface area contributed by atoms with E-state index < -0.39 is 23.5 Å². The van der Waals surface area contributed by atoms with Gasteiger partial charge < -0.3 is 4.74 Å². The van der Waals surface area contributed by atoms with Gasteiger partial charge in [-0.3, -0.25) is 24.6 Å². The second-order valence-electron chi connectivity index (χ2n) is 8.74. The molecule has 2 aromatic heterocycles. The summed E-state index contributed by atoms with van der Waals surface area (Å²) in [5, 5.41) is 2.03. The molecule has 0 atom stereocenters. The predicted molar refractivity (Wildman–Crippen MR) is 126 cm³/mol. The number of carbonyl (C=O) groups is 3. The summed E-state index contributed by atoms with van der Waals surface area (Å²) in [5.41, 5.74) is 3.52. The van der Waals surface area contributed by atoms with Gasteiger partial charge in [-0.25, -0.2) is 9.80 Å². The number of fused-ring (bicyclic) bond motifs is 1. The second kappa shape index (κ2) is 9.68. The summed E-state index contributed by atoms with van der Waals surface area (Å²) in [6.45, 7) is 8.99. The van der Waals surface area contributed by atoms with Crippen molar-refractivity contribution in [1.29, 1.82) is 0 Å². The Kier molecular flexibility index (Phi) is 6.96. The molecule has 3 aromatic rings. The maximum absolute atomic E-state index is 12.9. The molecule has 0 saturated heterocycles. The first kappa shape index (κ1) is 23.7. The minimum Gasteiger partial charge on any atom is -0.443 e. The van der Waals surface area contributed by atoms with Crippen molar-refractivity contribution in [2.24, 2.45) is 0 Å². The van der Waals surface area contributed by atoms with E-state index in [1.54, 1.807) is 65.1 Å². The number of ether oxygens (including phenoxy) is 1. The van der Waals surface area contributed by atoms with Crippen LogP contribution in [-0.2, 0) is 9.53 Å². The van der Waals surface area contributed by atoms with Gasteiger partial charge in [0, 0.05) is 35.5 Å². The Bertz CT molecular complexity index is 1190. The smallest absolute Gasteiger partial charge is 0.419 e. The van der Waals surface area contributed by atoms with Gasteiger partial charge in [-0.2, -0.15) is 0 Å². The van der Waals surface area contributed by atoms with Gasteiger partial charge >= 0.3 is 6.09 Å². The highest BCUT2D eigenvalue weighted by molar-refractivity contribution is 6.00. The molecule has 33 heavy (non-hydrogen) atoms. The molecule has 1 N–H and O–H groups in total. The van der Waals surface area contributed by atoms with Crippen molar-refractivity contribution in [3.8, 4) is 0 Å². The van der Waals surface area contributed by atoms with Crippen LogP contribution < -0.4 is 5.43 Å². The quantitative estimate of drug-likeness (QED) is 0.471. The normalized spacial score (nSPS) is 11.7. The summed E-state index contributed by atoms with van der Waals surface area (Å²) >= 11 is 0. The van der Waals surface area contributed by atoms with Crippen molar-refractivity contribution in [1.82, 2.24) is 20.0 Å². The zero-order valence-corrected chi connectivity index (χ0v) is 19.4. The number of para-hydroxylation sites is 1. The molecule has 0 radical (unpaired) electrons. The largest absolute Gasteiger partial charge is 0.443 e. The number of nitrogens with zero attached hydrogens (tertiary/aromatic N) is 3. The number of pyridine rings is 1. The van der Waals surface area contributed by atoms with E-state index in [9.17, 15) is 14.4 Å². The van der Waals surface area contributed by atoms with E-state index in [1.165, 1.54) is 21.8 Å². The molecule has 0 saturated carbocycles. The van der Waals surface area contributed by atoms with Gasteiger partial charge in [-0.1, -0.05) is 24.3 Å². The molecule has 0 bridgehead atoms. The number of amides is 2. The highest BCUT2D eigenvalue weighted by atomic mass is 16.6. The Balaban J connectivity index is 1.85. The lowest BCUT2D eigenvalue weighted by Gasteiger charge is -2.25. The Labute approximate surface area is 192 Å². The maximum Gasteiger partial charge on any atom is 0.419 e. The summed E-state index contributed by atoms with van der Waals surface area (Å²) in [6.07, 6.45) is 5.62. The lowest BCUT2D eigenvalue weighted by Crippen LogP contribution is -2.49. The Hall–Kier alpha value is -3.94. The highest BCUT2D eigenvalue weighted by Crippen LogP contribution is 2.24. The van der Waals surface area contributed by atoms with Crippen molar-refractivity contribution in [2.75, 3.05) is 0 Å². The van der Waals surface area contributed by atoms with E-state index in [4.69, 9.17) is 4.74 Å². The van der Waals surface area contributed by atoms with Gasteiger partial charge in [-0.15, -0.1) is 0 Å². The summed E-state index contributed by atoms with van der Waals surface area (Å²) in [5.74, 6) is -0.893. The number of carbonyl (C=O) groups excluding carboxylic acids is 3. The van der Waals surface area contributed by atoms with Gasteiger partial charge in [0.1, 0.15) is 11.3 Å². The first-order chi connectivity index (χ1) is 15.6. The van der Waals surface area contributed by atoms with Crippen molar-refractivity contribution in [3.05, 3.63) is 72.2 Å². The minimum absolute atomic E-state index is 0.209. The predicted octanol–water partition coefficient (Wildman–Crippen LogP) is 4.41. The summed E-state index contributed by atoms with van der Waals surface area (Å²) in [7, 11) is 0. The van der Waals surface area contributed by atoms with Gasteiger partial charge in [-0.05, 0) is 58.9 Å². The first-order valence-corrected chi connectivity index (χ1v) is 10.6. The standard InChI is InChI=1S/C25H28N4O4/c1-17(2)29(27-23(31)20-11-8-9-15-26-20)22(30)14-13-18-16-28(24(32)33-25(3,4)5)21-12-7-6-10-19(18)21/h6-17H,1-5H3,(H,27,31). The molecule has 0 aliphatic heterocycles. The summed E-state index contributed by atoms with van der Waals surface area (Å²) in [6, 6.07) is 12.0. The number of hydrogen-bond donors (Lipinski definition) is 1. The fraction of sp³-hybridized carbons (Fsp3) is 0.280. The molecule has 0 fully saturated rings. The second-order valence-corrected chi connectivity index (χ2v) is 8.74. The molecule has 172 valence electrons. The van der Waals surface area contributed by atoms with Crippen LogP contribution in [0.2, 0.25) is 0 Å². The molecule has 2 amide bonds. The lowest BCUT2D eigenvalue weighted by molar-refractivity contribution is -0.130. The first-order valence-electron chi connectivity index (χ1n) is 10.6. The molecule has 0 aliphatic carbocycles. The summed E-state index contributed by atoms with van der Waals surface area (Å²) in [4.78, 5) is 42.0. The molecule has 2 heterocycles. The fourth-order valence-electron chi connectivity index (χ4n) is 3.14. The third kappa shape index (κ3) is 5.85. The Morgan fingerprint density at radius 3 is 2.42 bits per heavy atom. The Morgan fingerprint density at radius 1 is 1.09 bits per heavy atom. The number of rotatable bonds is 4. The van der Waals surface area contributed by atoms with E-state index in [-0.39, 0.29) is 11.7 Å². The molecule has 8 nitrogen and oxygen atoms in total. The molecule has 1 aromatic carbocycles. The maximum atomic E-state index is 12.9. The number of aromatic nitrogens is 2. The van der Waals surface area contributed by atoms with Crippen LogP contribution in [0.15, 0.2) is 60.9 Å². The molecule has 8 heteroatoms. The monoisotopic (exact) mass is 448 g/mol. The zero-order valence-electron chi connectivity index (χ0n) is 19.4. The molecular weight excluding hydrogens is 420 g/mol. The van der Waals surface area contributed by atoms with E-state index in [2.05, 4.69) is 10.4 Å². The van der Waals surface area contributed by atoms with E-state index in [1.807, 2.05) is 24.3 Å². The average molecular weight is 449 g/mol. The number of nitrogens with one attached hydrogen (secondary N) is 1. The van der Waals surface area contributed by atoms with Crippen LogP contribution in [0.25, 0.3) is 17.0 Å². The van der Waals surface area contributed by atoms with E-state index in [0.29, 0.717) is 11.1 Å². The van der Waals surface area contributed by atoms with E-state index >= 15 is 0 Å². The van der Waals surface area contributed by atoms with Gasteiger partial charge in [0.2, 0.25) is 0 Å². The van der Waals surface area contributed by atoms with Crippen LogP contribution in [0.4, 0.5) is 4.79 Å². The van der Waals surface area contributed by atoms with Crippen LogP contribution in [0.3, 0.4) is 0 Å². The summed E-state index contributed by atoms with van der Waals surface area (Å²) < 4.78 is 6.92. The van der Waals surface area contributed by atoms with Crippen LogP contribution in [-0.4, -0.2) is 44.1 Å². The Morgan fingerprint density at radius 2 is 1.79 bits per heavy atom. The minimum atomic E-state index is -0.641. The van der Waals surface area contributed by atoms with Crippen LogP contribution >= 0.6 is 0 Å². The van der Waals surface area contributed by atoms with Crippen molar-refractivity contribution in [3.63, 3.8) is 0 Å². The van der Waals surface area contributed by atoms with Crippen LogP contribution in [0, 0.1) is 0 Å².